The number of benzene rings is 2. The number of nitrogens with one attached hydrogen (secondary N) is 1. The fourth-order valence-electron chi connectivity index (χ4n) is 2.04. The Hall–Kier alpha value is -2.22. The Labute approximate surface area is 106 Å². The van der Waals surface area contributed by atoms with E-state index in [2.05, 4.69) is 42.6 Å². The minimum atomic E-state index is 0.778. The fraction of sp³-hybridized carbons (Fsp3) is 0.125. The summed E-state index contributed by atoms with van der Waals surface area (Å²) in [4.78, 5) is 0. The van der Waals surface area contributed by atoms with Crippen molar-refractivity contribution in [3.05, 3.63) is 65.9 Å². The van der Waals surface area contributed by atoms with Crippen molar-refractivity contribution in [3.8, 4) is 0 Å². The first-order chi connectivity index (χ1) is 8.83. The normalized spacial score (nSPS) is 10.7. The summed E-state index contributed by atoms with van der Waals surface area (Å²) in [6, 6.07) is 16.5. The van der Waals surface area contributed by atoms with Gasteiger partial charge in [0.1, 0.15) is 5.58 Å². The average molecular weight is 237 g/mol. The van der Waals surface area contributed by atoms with Gasteiger partial charge in [0.15, 0.2) is 0 Å². The monoisotopic (exact) mass is 237 g/mol. The second-order valence-electron chi connectivity index (χ2n) is 4.48. The lowest BCUT2D eigenvalue weighted by Crippen LogP contribution is -1.98. The molecule has 0 amide bonds. The molecular formula is C16H15NO. The summed E-state index contributed by atoms with van der Waals surface area (Å²) in [5.41, 5.74) is 4.53. The SMILES string of the molecule is Cc1ccc(NCc2coc3ccccc23)cc1. The summed E-state index contributed by atoms with van der Waals surface area (Å²) in [6.45, 7) is 2.87. The molecule has 1 N–H and O–H groups in total. The van der Waals surface area contributed by atoms with E-state index in [1.807, 2.05) is 24.5 Å². The molecule has 2 aromatic carbocycles. The van der Waals surface area contributed by atoms with Crippen LogP contribution in [-0.4, -0.2) is 0 Å². The third kappa shape index (κ3) is 2.09. The van der Waals surface area contributed by atoms with Crippen LogP contribution in [0.25, 0.3) is 11.0 Å². The van der Waals surface area contributed by atoms with Gasteiger partial charge in [-0.15, -0.1) is 0 Å². The molecule has 2 nitrogen and oxygen atoms in total. The second kappa shape index (κ2) is 4.57. The Morgan fingerprint density at radius 1 is 1.00 bits per heavy atom. The number of rotatable bonds is 3. The van der Waals surface area contributed by atoms with E-state index in [0.717, 1.165) is 17.8 Å². The number of aryl methyl sites for hydroxylation is 1. The first-order valence-corrected chi connectivity index (χ1v) is 6.08. The second-order valence-corrected chi connectivity index (χ2v) is 4.48. The Morgan fingerprint density at radius 2 is 1.78 bits per heavy atom. The summed E-state index contributed by atoms with van der Waals surface area (Å²) in [6.07, 6.45) is 1.83. The van der Waals surface area contributed by atoms with E-state index in [4.69, 9.17) is 4.42 Å². The van der Waals surface area contributed by atoms with E-state index < -0.39 is 0 Å². The van der Waals surface area contributed by atoms with Gasteiger partial charge in [-0.25, -0.2) is 0 Å². The molecule has 0 saturated carbocycles. The predicted octanol–water partition coefficient (Wildman–Crippen LogP) is 4.35. The Morgan fingerprint density at radius 3 is 2.61 bits per heavy atom. The van der Waals surface area contributed by atoms with E-state index in [9.17, 15) is 0 Å². The quantitative estimate of drug-likeness (QED) is 0.732. The van der Waals surface area contributed by atoms with Gasteiger partial charge < -0.3 is 9.73 Å². The van der Waals surface area contributed by atoms with Crippen molar-refractivity contribution >= 4 is 16.7 Å². The van der Waals surface area contributed by atoms with Gasteiger partial charge >= 0.3 is 0 Å². The standard InChI is InChI=1S/C16H15NO/c1-12-6-8-14(9-7-12)17-10-13-11-18-16-5-3-2-4-15(13)16/h2-9,11,17H,10H2,1H3. The molecule has 0 aliphatic rings. The first kappa shape index (κ1) is 10.9. The van der Waals surface area contributed by atoms with Crippen LogP contribution >= 0.6 is 0 Å². The van der Waals surface area contributed by atoms with E-state index >= 15 is 0 Å². The average Bonchev–Trinajstić information content (AvgIpc) is 2.82. The third-order valence-corrected chi connectivity index (χ3v) is 3.10. The summed E-state index contributed by atoms with van der Waals surface area (Å²) in [5.74, 6) is 0. The zero-order valence-corrected chi connectivity index (χ0v) is 10.3. The molecule has 0 radical (unpaired) electrons. The number of hydrogen-bond donors (Lipinski definition) is 1. The van der Waals surface area contributed by atoms with Crippen LogP contribution in [0.1, 0.15) is 11.1 Å². The van der Waals surface area contributed by atoms with Crippen molar-refractivity contribution in [2.24, 2.45) is 0 Å². The third-order valence-electron chi connectivity index (χ3n) is 3.10. The van der Waals surface area contributed by atoms with E-state index in [1.54, 1.807) is 0 Å². The minimum absolute atomic E-state index is 0.778. The molecule has 0 fully saturated rings. The smallest absolute Gasteiger partial charge is 0.134 e. The Kier molecular flexibility index (Phi) is 2.77. The molecule has 0 bridgehead atoms. The highest BCUT2D eigenvalue weighted by Gasteiger charge is 2.04. The molecule has 18 heavy (non-hydrogen) atoms. The molecule has 0 spiro atoms. The van der Waals surface area contributed by atoms with Crippen LogP contribution in [0.15, 0.2) is 59.2 Å². The summed E-state index contributed by atoms with van der Waals surface area (Å²) in [5, 5.41) is 4.58. The summed E-state index contributed by atoms with van der Waals surface area (Å²) >= 11 is 0. The van der Waals surface area contributed by atoms with Crippen LogP contribution in [0.2, 0.25) is 0 Å². The molecule has 3 aromatic rings. The molecule has 90 valence electrons. The molecule has 2 heteroatoms. The maximum absolute atomic E-state index is 5.52. The van der Waals surface area contributed by atoms with Crippen molar-refractivity contribution in [2.45, 2.75) is 13.5 Å². The zero-order chi connectivity index (χ0) is 12.4. The van der Waals surface area contributed by atoms with Crippen LogP contribution in [0.5, 0.6) is 0 Å². The van der Waals surface area contributed by atoms with Gasteiger partial charge in [-0.3, -0.25) is 0 Å². The van der Waals surface area contributed by atoms with E-state index in [1.165, 1.54) is 16.5 Å². The molecule has 0 aliphatic heterocycles. The van der Waals surface area contributed by atoms with Crippen molar-refractivity contribution in [1.29, 1.82) is 0 Å². The van der Waals surface area contributed by atoms with E-state index in [-0.39, 0.29) is 0 Å². The molecule has 1 aromatic heterocycles. The van der Waals surface area contributed by atoms with Gasteiger partial charge in [0.05, 0.1) is 6.26 Å². The molecule has 0 unspecified atom stereocenters. The zero-order valence-electron chi connectivity index (χ0n) is 10.3. The molecule has 0 saturated heterocycles. The predicted molar refractivity (Wildman–Crippen MR) is 74.7 cm³/mol. The van der Waals surface area contributed by atoms with Crippen molar-refractivity contribution < 1.29 is 4.42 Å². The number of anilines is 1. The lowest BCUT2D eigenvalue weighted by atomic mass is 10.1. The van der Waals surface area contributed by atoms with Crippen molar-refractivity contribution in [1.82, 2.24) is 0 Å². The number of hydrogen-bond acceptors (Lipinski definition) is 2. The Balaban J connectivity index is 1.79. The van der Waals surface area contributed by atoms with Crippen LogP contribution in [-0.2, 0) is 6.54 Å². The topological polar surface area (TPSA) is 25.2 Å². The van der Waals surface area contributed by atoms with Gasteiger partial charge in [0.25, 0.3) is 0 Å². The highest BCUT2D eigenvalue weighted by atomic mass is 16.3. The highest BCUT2D eigenvalue weighted by molar-refractivity contribution is 5.81. The highest BCUT2D eigenvalue weighted by Crippen LogP contribution is 2.21. The number of para-hydroxylation sites is 1. The van der Waals surface area contributed by atoms with Gasteiger partial charge in [-0.2, -0.15) is 0 Å². The van der Waals surface area contributed by atoms with Crippen LogP contribution in [0, 0.1) is 6.92 Å². The lowest BCUT2D eigenvalue weighted by Gasteiger charge is -2.05. The number of fused-ring (bicyclic) bond motifs is 1. The van der Waals surface area contributed by atoms with Gasteiger partial charge in [-0.1, -0.05) is 35.9 Å². The van der Waals surface area contributed by atoms with Crippen LogP contribution < -0.4 is 5.32 Å². The maximum Gasteiger partial charge on any atom is 0.134 e. The van der Waals surface area contributed by atoms with Crippen LogP contribution in [0.4, 0.5) is 5.69 Å². The molecule has 3 rings (SSSR count). The van der Waals surface area contributed by atoms with Crippen molar-refractivity contribution in [2.75, 3.05) is 5.32 Å². The van der Waals surface area contributed by atoms with Gasteiger partial charge in [-0.05, 0) is 25.1 Å². The molecule has 0 atom stereocenters. The van der Waals surface area contributed by atoms with Gasteiger partial charge in [0.2, 0.25) is 0 Å². The van der Waals surface area contributed by atoms with E-state index in [0.29, 0.717) is 0 Å². The lowest BCUT2D eigenvalue weighted by molar-refractivity contribution is 0.611. The Bertz CT molecular complexity index is 652. The van der Waals surface area contributed by atoms with Gasteiger partial charge in [0, 0.05) is 23.2 Å². The maximum atomic E-state index is 5.52. The van der Waals surface area contributed by atoms with Crippen LogP contribution in [0.3, 0.4) is 0 Å². The molecule has 1 heterocycles. The fourth-order valence-corrected chi connectivity index (χ4v) is 2.04. The molecular weight excluding hydrogens is 222 g/mol. The summed E-state index contributed by atoms with van der Waals surface area (Å²) < 4.78 is 5.52. The minimum Gasteiger partial charge on any atom is -0.464 e. The number of furan rings is 1. The van der Waals surface area contributed by atoms with Crippen molar-refractivity contribution in [3.63, 3.8) is 0 Å². The first-order valence-electron chi connectivity index (χ1n) is 6.08. The molecule has 0 aliphatic carbocycles. The largest absolute Gasteiger partial charge is 0.464 e. The summed E-state index contributed by atoms with van der Waals surface area (Å²) in [7, 11) is 0.